The van der Waals surface area contributed by atoms with Crippen molar-refractivity contribution in [3.8, 4) is 0 Å². The fourth-order valence-electron chi connectivity index (χ4n) is 4.34. The van der Waals surface area contributed by atoms with Gasteiger partial charge in [-0.05, 0) is 50.0 Å². The van der Waals surface area contributed by atoms with E-state index in [4.69, 9.17) is 9.47 Å². The number of unbranched alkanes of at least 4 members (excludes halogenated alkanes) is 2. The normalized spacial score (nSPS) is 24.0. The molecule has 0 N–H and O–H groups in total. The lowest BCUT2D eigenvalue weighted by Gasteiger charge is -2.16. The van der Waals surface area contributed by atoms with Gasteiger partial charge in [-0.2, -0.15) is 0 Å². The van der Waals surface area contributed by atoms with Gasteiger partial charge >= 0.3 is 5.97 Å². The second kappa shape index (κ2) is 9.84. The minimum absolute atomic E-state index is 0.0642. The molecule has 2 aliphatic carbocycles. The fraction of sp³-hybridized carbons (Fsp3) is 0.565. The quantitative estimate of drug-likeness (QED) is 0.264. The Kier molecular flexibility index (Phi) is 7.22. The highest BCUT2D eigenvalue weighted by atomic mass is 16.5. The van der Waals surface area contributed by atoms with Crippen LogP contribution in [0.15, 0.2) is 42.0 Å². The molecule has 0 heterocycles. The molecule has 0 saturated heterocycles. The molecule has 0 unspecified atom stereocenters. The molecule has 0 radical (unpaired) electrons. The van der Waals surface area contributed by atoms with Crippen LogP contribution < -0.4 is 0 Å². The minimum Gasteiger partial charge on any atom is -0.465 e. The highest BCUT2D eigenvalue weighted by Gasteiger charge is 2.48. The largest absolute Gasteiger partial charge is 0.465 e. The summed E-state index contributed by atoms with van der Waals surface area (Å²) in [5.41, 5.74) is 2.63. The van der Waals surface area contributed by atoms with E-state index in [2.05, 4.69) is 18.2 Å². The predicted octanol–water partition coefficient (Wildman–Crippen LogP) is 4.48. The highest BCUT2D eigenvalue weighted by molar-refractivity contribution is 6.01. The number of carbonyl (C=O) groups is 2. The first-order valence-corrected chi connectivity index (χ1v) is 10.2. The van der Waals surface area contributed by atoms with Crippen LogP contribution in [0, 0.1) is 17.8 Å². The van der Waals surface area contributed by atoms with E-state index in [1.165, 1.54) is 11.1 Å². The van der Waals surface area contributed by atoms with Gasteiger partial charge in [0.2, 0.25) is 0 Å². The van der Waals surface area contributed by atoms with Gasteiger partial charge in [-0.3, -0.25) is 9.59 Å². The minimum atomic E-state index is -0.532. The van der Waals surface area contributed by atoms with Gasteiger partial charge in [0.05, 0.1) is 13.2 Å². The maximum atomic E-state index is 12.1. The molecule has 4 heteroatoms. The van der Waals surface area contributed by atoms with Crippen LogP contribution in [-0.2, 0) is 25.7 Å². The molecule has 1 fully saturated rings. The number of allylic oxidation sites excluding steroid dienone is 2. The maximum absolute atomic E-state index is 12.1. The van der Waals surface area contributed by atoms with Crippen molar-refractivity contribution < 1.29 is 19.1 Å². The van der Waals surface area contributed by atoms with Crippen LogP contribution in [0.1, 0.15) is 51.0 Å². The van der Waals surface area contributed by atoms with Crippen molar-refractivity contribution in [1.82, 2.24) is 0 Å². The van der Waals surface area contributed by atoms with E-state index >= 15 is 0 Å². The van der Waals surface area contributed by atoms with Crippen molar-refractivity contribution in [1.29, 1.82) is 0 Å². The molecule has 2 aliphatic rings. The molecule has 27 heavy (non-hydrogen) atoms. The standard InChI is InChI=1S/C23H30O4/c1-2-27-23(25)22-20-14-18(13-19(20)15-21(22)24)11-7-4-8-12-26-16-17-9-5-3-6-10-17/h3,5-6,9-10,13,19-20,22H,2,4,7-8,11-12,14-16H2,1H3/t19-,20-,22+/m1/s1. The van der Waals surface area contributed by atoms with E-state index in [1.54, 1.807) is 6.92 Å². The molecule has 4 nitrogen and oxygen atoms in total. The summed E-state index contributed by atoms with van der Waals surface area (Å²) in [6.45, 7) is 3.60. The third-order valence-electron chi connectivity index (χ3n) is 5.65. The van der Waals surface area contributed by atoms with Crippen LogP contribution in [0.2, 0.25) is 0 Å². The van der Waals surface area contributed by atoms with Gasteiger partial charge in [-0.25, -0.2) is 0 Å². The first kappa shape index (κ1) is 19.8. The second-order valence-electron chi connectivity index (χ2n) is 7.61. The number of ketones is 1. The summed E-state index contributed by atoms with van der Waals surface area (Å²) in [5, 5.41) is 0. The summed E-state index contributed by atoms with van der Waals surface area (Å²) >= 11 is 0. The van der Waals surface area contributed by atoms with Crippen LogP contribution in [-0.4, -0.2) is 25.0 Å². The molecule has 3 rings (SSSR count). The highest BCUT2D eigenvalue weighted by Crippen LogP contribution is 2.46. The lowest BCUT2D eigenvalue weighted by Crippen LogP contribution is -2.27. The van der Waals surface area contributed by atoms with Crippen molar-refractivity contribution in [2.75, 3.05) is 13.2 Å². The van der Waals surface area contributed by atoms with Crippen molar-refractivity contribution >= 4 is 11.8 Å². The van der Waals surface area contributed by atoms with Gasteiger partial charge in [0.1, 0.15) is 11.7 Å². The van der Waals surface area contributed by atoms with Crippen LogP contribution in [0.3, 0.4) is 0 Å². The number of hydrogen-bond donors (Lipinski definition) is 0. The SMILES string of the molecule is CCOC(=O)[C@@H]1C(=O)C[C@H]2C=C(CCCCCOCc3ccccc3)C[C@@H]12. The summed E-state index contributed by atoms with van der Waals surface area (Å²) in [6, 6.07) is 10.2. The number of hydrogen-bond acceptors (Lipinski definition) is 4. The number of ether oxygens (including phenoxy) is 2. The summed E-state index contributed by atoms with van der Waals surface area (Å²) in [4.78, 5) is 24.2. The zero-order valence-corrected chi connectivity index (χ0v) is 16.2. The average Bonchev–Trinajstić information content (AvgIpc) is 3.17. The molecule has 0 aliphatic heterocycles. The molecule has 0 aromatic heterocycles. The maximum Gasteiger partial charge on any atom is 0.316 e. The Morgan fingerprint density at radius 2 is 1.93 bits per heavy atom. The summed E-state index contributed by atoms with van der Waals surface area (Å²) in [6.07, 6.45) is 8.05. The van der Waals surface area contributed by atoms with Crippen molar-refractivity contribution in [2.24, 2.45) is 17.8 Å². The Morgan fingerprint density at radius 3 is 2.70 bits per heavy atom. The molecule has 146 valence electrons. The third kappa shape index (κ3) is 5.29. The van der Waals surface area contributed by atoms with Gasteiger partial charge in [-0.15, -0.1) is 0 Å². The van der Waals surface area contributed by atoms with E-state index in [0.29, 0.717) is 19.6 Å². The van der Waals surface area contributed by atoms with E-state index in [0.717, 1.165) is 38.7 Å². The van der Waals surface area contributed by atoms with Gasteiger partial charge in [0.25, 0.3) is 0 Å². The van der Waals surface area contributed by atoms with E-state index < -0.39 is 5.92 Å². The van der Waals surface area contributed by atoms with Crippen molar-refractivity contribution in [3.05, 3.63) is 47.5 Å². The number of carbonyl (C=O) groups excluding carboxylic acids is 2. The van der Waals surface area contributed by atoms with Crippen LogP contribution in [0.4, 0.5) is 0 Å². The van der Waals surface area contributed by atoms with Gasteiger partial charge in [0.15, 0.2) is 0 Å². The molecule has 0 spiro atoms. The average molecular weight is 370 g/mol. The topological polar surface area (TPSA) is 52.6 Å². The molecular weight excluding hydrogens is 340 g/mol. The van der Waals surface area contributed by atoms with Crippen LogP contribution in [0.5, 0.6) is 0 Å². The van der Waals surface area contributed by atoms with Crippen LogP contribution >= 0.6 is 0 Å². The molecule has 1 aromatic carbocycles. The van der Waals surface area contributed by atoms with Crippen LogP contribution in [0.25, 0.3) is 0 Å². The number of rotatable bonds is 10. The molecule has 0 amide bonds. The summed E-state index contributed by atoms with van der Waals surface area (Å²) in [7, 11) is 0. The second-order valence-corrected chi connectivity index (χ2v) is 7.61. The Morgan fingerprint density at radius 1 is 1.11 bits per heavy atom. The molecular formula is C23H30O4. The Hall–Kier alpha value is -1.94. The van der Waals surface area contributed by atoms with Crippen molar-refractivity contribution in [3.63, 3.8) is 0 Å². The summed E-state index contributed by atoms with van der Waals surface area (Å²) < 4.78 is 10.8. The third-order valence-corrected chi connectivity index (χ3v) is 5.65. The molecule has 1 saturated carbocycles. The number of esters is 1. The lowest BCUT2D eigenvalue weighted by atomic mass is 9.89. The first-order valence-electron chi connectivity index (χ1n) is 10.2. The molecule has 3 atom stereocenters. The van der Waals surface area contributed by atoms with E-state index in [-0.39, 0.29) is 23.6 Å². The Labute approximate surface area is 161 Å². The number of fused-ring (bicyclic) bond motifs is 1. The summed E-state index contributed by atoms with van der Waals surface area (Å²) in [5.74, 6) is -0.401. The monoisotopic (exact) mass is 370 g/mol. The molecule has 0 bridgehead atoms. The van der Waals surface area contributed by atoms with Gasteiger partial charge in [0, 0.05) is 13.0 Å². The number of Topliss-reactive ketones (excluding diaryl/α,β-unsaturated/α-hetero) is 1. The zero-order chi connectivity index (χ0) is 19.1. The fourth-order valence-corrected chi connectivity index (χ4v) is 4.34. The zero-order valence-electron chi connectivity index (χ0n) is 16.2. The van der Waals surface area contributed by atoms with E-state index in [9.17, 15) is 9.59 Å². The predicted molar refractivity (Wildman–Crippen MR) is 104 cm³/mol. The van der Waals surface area contributed by atoms with Gasteiger partial charge < -0.3 is 9.47 Å². The Balaban J connectivity index is 1.32. The smallest absolute Gasteiger partial charge is 0.316 e. The molecule has 1 aromatic rings. The van der Waals surface area contributed by atoms with E-state index in [1.807, 2.05) is 18.2 Å². The van der Waals surface area contributed by atoms with Gasteiger partial charge in [-0.1, -0.05) is 48.4 Å². The number of benzene rings is 1. The first-order chi connectivity index (χ1) is 13.2. The van der Waals surface area contributed by atoms with Crippen molar-refractivity contribution in [2.45, 2.75) is 52.1 Å². The lowest BCUT2D eigenvalue weighted by molar-refractivity contribution is -0.152. The Bertz CT molecular complexity index is 664.